The number of hydrogen-bond acceptors (Lipinski definition) is 7. The number of imidazole rings is 1. The van der Waals surface area contributed by atoms with E-state index in [1.54, 1.807) is 12.3 Å². The van der Waals surface area contributed by atoms with Gasteiger partial charge in [0.15, 0.2) is 0 Å². The second kappa shape index (κ2) is 9.66. The normalized spacial score (nSPS) is 14.6. The van der Waals surface area contributed by atoms with Crippen LogP contribution < -0.4 is 9.64 Å². The maximum Gasteiger partial charge on any atom is 0.490 e. The summed E-state index contributed by atoms with van der Waals surface area (Å²) < 4.78 is 55.8. The minimum atomic E-state index is -5.08. The van der Waals surface area contributed by atoms with Crippen molar-refractivity contribution in [1.29, 1.82) is 0 Å². The standard InChI is InChI=1S/C17H18FN5O2.C2HF3O2/c1-24-14-9-12(8-13(18)10-14)16-21-17(25-22-16)23-6-2-11(3-7-23)15-19-4-5-20-15;3-2(4,5)1(6)7/h4-5,8-11H,2-3,6-7H2,1H3,(H,19,20);(H,6,7). The van der Waals surface area contributed by atoms with Crippen molar-refractivity contribution in [1.82, 2.24) is 20.1 Å². The molecule has 2 aromatic heterocycles. The third-order valence-corrected chi connectivity index (χ3v) is 4.69. The van der Waals surface area contributed by atoms with Gasteiger partial charge in [-0.25, -0.2) is 14.2 Å². The molecule has 172 valence electrons. The summed E-state index contributed by atoms with van der Waals surface area (Å²) in [5.41, 5.74) is 0.525. The Kier molecular flexibility index (Phi) is 6.95. The molecule has 32 heavy (non-hydrogen) atoms. The molecular weight excluding hydrogens is 438 g/mol. The predicted octanol–water partition coefficient (Wildman–Crippen LogP) is 3.62. The number of rotatable bonds is 4. The summed E-state index contributed by atoms with van der Waals surface area (Å²) in [6.45, 7) is 1.61. The van der Waals surface area contributed by atoms with E-state index in [-0.39, 0.29) is 0 Å². The summed E-state index contributed by atoms with van der Waals surface area (Å²) >= 11 is 0. The fourth-order valence-corrected chi connectivity index (χ4v) is 3.12. The van der Waals surface area contributed by atoms with Crippen LogP contribution in [0.25, 0.3) is 11.4 Å². The van der Waals surface area contributed by atoms with Crippen molar-refractivity contribution in [2.24, 2.45) is 0 Å². The average molecular weight is 457 g/mol. The van der Waals surface area contributed by atoms with Crippen LogP contribution in [0.3, 0.4) is 0 Å². The van der Waals surface area contributed by atoms with E-state index < -0.39 is 18.0 Å². The highest BCUT2D eigenvalue weighted by atomic mass is 19.4. The molecule has 0 amide bonds. The number of methoxy groups -OCH3 is 1. The van der Waals surface area contributed by atoms with E-state index in [9.17, 15) is 17.6 Å². The van der Waals surface area contributed by atoms with Crippen molar-refractivity contribution in [3.8, 4) is 17.1 Å². The molecule has 0 bridgehead atoms. The minimum absolute atomic E-state index is 0.348. The Balaban J connectivity index is 0.000000360. The molecule has 9 nitrogen and oxygen atoms in total. The molecule has 13 heteroatoms. The monoisotopic (exact) mass is 457 g/mol. The van der Waals surface area contributed by atoms with Gasteiger partial charge in [0, 0.05) is 43.0 Å². The van der Waals surface area contributed by atoms with Gasteiger partial charge < -0.3 is 24.3 Å². The van der Waals surface area contributed by atoms with Gasteiger partial charge in [0.2, 0.25) is 5.82 Å². The number of carboxylic acids is 1. The fraction of sp³-hybridized carbons (Fsp3) is 0.368. The number of hydrogen-bond donors (Lipinski definition) is 2. The number of anilines is 1. The van der Waals surface area contributed by atoms with Gasteiger partial charge >= 0.3 is 18.2 Å². The van der Waals surface area contributed by atoms with Crippen LogP contribution in [0.4, 0.5) is 23.6 Å². The van der Waals surface area contributed by atoms with E-state index >= 15 is 0 Å². The molecule has 1 saturated heterocycles. The van der Waals surface area contributed by atoms with Gasteiger partial charge in [0.25, 0.3) is 0 Å². The first-order valence-electron chi connectivity index (χ1n) is 9.40. The van der Waals surface area contributed by atoms with Gasteiger partial charge in [-0.1, -0.05) is 5.16 Å². The molecular formula is C19H19F4N5O4. The number of alkyl halides is 3. The van der Waals surface area contributed by atoms with E-state index in [0.29, 0.717) is 29.1 Å². The average Bonchev–Trinajstić information content (AvgIpc) is 3.45. The Morgan fingerprint density at radius 2 is 1.97 bits per heavy atom. The molecule has 0 spiro atoms. The Morgan fingerprint density at radius 1 is 1.28 bits per heavy atom. The van der Waals surface area contributed by atoms with Crippen LogP contribution in [0.2, 0.25) is 0 Å². The van der Waals surface area contributed by atoms with Crippen LogP contribution in [-0.2, 0) is 4.79 Å². The fourth-order valence-electron chi connectivity index (χ4n) is 3.12. The number of benzene rings is 1. The number of aromatic nitrogens is 4. The molecule has 0 aliphatic carbocycles. The topological polar surface area (TPSA) is 117 Å². The maximum absolute atomic E-state index is 13.7. The Labute approximate surface area is 179 Å². The van der Waals surface area contributed by atoms with Crippen molar-refractivity contribution >= 4 is 12.0 Å². The Hall–Kier alpha value is -3.64. The molecule has 2 N–H and O–H groups in total. The number of piperidine rings is 1. The summed E-state index contributed by atoms with van der Waals surface area (Å²) in [6, 6.07) is 4.81. The number of aliphatic carboxylic acids is 1. The number of nitrogens with one attached hydrogen (secondary N) is 1. The van der Waals surface area contributed by atoms with Gasteiger partial charge in [-0.05, 0) is 25.0 Å². The molecule has 0 unspecified atom stereocenters. The molecule has 0 atom stereocenters. The first-order valence-corrected chi connectivity index (χ1v) is 9.40. The van der Waals surface area contributed by atoms with Gasteiger partial charge in [0.05, 0.1) is 7.11 Å². The molecule has 0 radical (unpaired) electrons. The van der Waals surface area contributed by atoms with E-state index in [4.69, 9.17) is 19.2 Å². The van der Waals surface area contributed by atoms with Gasteiger partial charge in [0.1, 0.15) is 17.4 Å². The zero-order valence-electron chi connectivity index (χ0n) is 16.8. The lowest BCUT2D eigenvalue weighted by atomic mass is 9.96. The van der Waals surface area contributed by atoms with Gasteiger partial charge in [-0.2, -0.15) is 18.2 Å². The van der Waals surface area contributed by atoms with Crippen molar-refractivity contribution in [3.05, 3.63) is 42.2 Å². The quantitative estimate of drug-likeness (QED) is 0.571. The predicted molar refractivity (Wildman–Crippen MR) is 103 cm³/mol. The van der Waals surface area contributed by atoms with Gasteiger partial charge in [-0.15, -0.1) is 0 Å². The second-order valence-electron chi connectivity index (χ2n) is 6.82. The first-order chi connectivity index (χ1) is 15.2. The number of carboxylic acid groups (broad SMARTS) is 1. The highest BCUT2D eigenvalue weighted by Crippen LogP contribution is 2.30. The summed E-state index contributed by atoms with van der Waals surface area (Å²) in [5, 5.41) is 11.1. The molecule has 3 aromatic rings. The molecule has 0 saturated carbocycles. The third kappa shape index (κ3) is 5.74. The Bertz CT molecular complexity index is 1030. The molecule has 1 fully saturated rings. The third-order valence-electron chi connectivity index (χ3n) is 4.69. The van der Waals surface area contributed by atoms with Crippen LogP contribution in [0, 0.1) is 5.82 Å². The summed E-state index contributed by atoms with van der Waals surface area (Å²) in [5.74, 6) is -0.951. The summed E-state index contributed by atoms with van der Waals surface area (Å²) in [4.78, 5) is 22.9. The first kappa shape index (κ1) is 23.0. The summed E-state index contributed by atoms with van der Waals surface area (Å²) in [6.07, 6.45) is 0.455. The molecule has 3 heterocycles. The van der Waals surface area contributed by atoms with Crippen LogP contribution in [-0.4, -0.2) is 57.6 Å². The highest BCUT2D eigenvalue weighted by molar-refractivity contribution is 5.73. The lowest BCUT2D eigenvalue weighted by molar-refractivity contribution is -0.192. The van der Waals surface area contributed by atoms with Crippen LogP contribution in [0.1, 0.15) is 24.6 Å². The largest absolute Gasteiger partial charge is 0.497 e. The molecule has 4 rings (SSSR count). The van der Waals surface area contributed by atoms with Crippen molar-refractivity contribution < 1.29 is 36.7 Å². The highest BCUT2D eigenvalue weighted by Gasteiger charge is 2.38. The second-order valence-corrected chi connectivity index (χ2v) is 6.82. The SMILES string of the molecule is COc1cc(F)cc(-c2noc(N3CCC(c4ncc[nH]4)CC3)n2)c1.O=C(O)C(F)(F)F. The van der Waals surface area contributed by atoms with Crippen molar-refractivity contribution in [2.75, 3.05) is 25.1 Å². The van der Waals surface area contributed by atoms with E-state index in [1.165, 1.54) is 19.2 Å². The zero-order chi connectivity index (χ0) is 23.3. The van der Waals surface area contributed by atoms with Gasteiger partial charge in [-0.3, -0.25) is 0 Å². The number of H-pyrrole nitrogens is 1. The zero-order valence-corrected chi connectivity index (χ0v) is 16.8. The molecule has 1 aliphatic heterocycles. The molecule has 1 aliphatic rings. The van der Waals surface area contributed by atoms with E-state index in [2.05, 4.69) is 20.1 Å². The maximum atomic E-state index is 13.7. The Morgan fingerprint density at radius 3 is 2.53 bits per heavy atom. The minimum Gasteiger partial charge on any atom is -0.497 e. The lowest BCUT2D eigenvalue weighted by Gasteiger charge is -2.29. The number of aromatic amines is 1. The number of ether oxygens (including phenoxy) is 1. The van der Waals surface area contributed by atoms with E-state index in [1.807, 2.05) is 11.1 Å². The number of nitrogens with zero attached hydrogens (tertiary/aromatic N) is 4. The van der Waals surface area contributed by atoms with Crippen molar-refractivity contribution in [2.45, 2.75) is 24.9 Å². The van der Waals surface area contributed by atoms with Crippen LogP contribution in [0.5, 0.6) is 5.75 Å². The molecule has 1 aromatic carbocycles. The van der Waals surface area contributed by atoms with Crippen LogP contribution in [0.15, 0.2) is 35.1 Å². The smallest absolute Gasteiger partial charge is 0.490 e. The summed E-state index contributed by atoms with van der Waals surface area (Å²) in [7, 11) is 1.49. The number of carbonyl (C=O) groups is 1. The lowest BCUT2D eigenvalue weighted by Crippen LogP contribution is -2.33. The van der Waals surface area contributed by atoms with Crippen LogP contribution >= 0.6 is 0 Å². The number of halogens is 4. The van der Waals surface area contributed by atoms with E-state index in [0.717, 1.165) is 31.8 Å². The van der Waals surface area contributed by atoms with Crippen molar-refractivity contribution in [3.63, 3.8) is 0 Å².